The number of aromatic nitrogens is 5. The lowest BCUT2D eigenvalue weighted by molar-refractivity contribution is 0.340. The SMILES string of the molecule is CCOc1ccc(-c2nnc(SCc3nnc(-c4ccc(Cl)cc4)o3)n2N)cc1. The third kappa shape index (κ3) is 4.36. The highest BCUT2D eigenvalue weighted by Crippen LogP contribution is 2.27. The summed E-state index contributed by atoms with van der Waals surface area (Å²) in [5, 5.41) is 17.7. The van der Waals surface area contributed by atoms with Crippen LogP contribution in [0.15, 0.2) is 58.1 Å². The Labute approximate surface area is 176 Å². The van der Waals surface area contributed by atoms with Gasteiger partial charge in [-0.25, -0.2) is 4.68 Å². The smallest absolute Gasteiger partial charge is 0.247 e. The molecule has 0 aliphatic carbocycles. The van der Waals surface area contributed by atoms with Crippen molar-refractivity contribution in [3.8, 4) is 28.6 Å². The van der Waals surface area contributed by atoms with Crippen LogP contribution < -0.4 is 10.6 Å². The van der Waals surface area contributed by atoms with Crippen LogP contribution in [0.4, 0.5) is 0 Å². The molecule has 29 heavy (non-hydrogen) atoms. The van der Waals surface area contributed by atoms with Crippen molar-refractivity contribution in [3.63, 3.8) is 0 Å². The van der Waals surface area contributed by atoms with E-state index in [-0.39, 0.29) is 0 Å². The molecule has 0 radical (unpaired) electrons. The maximum Gasteiger partial charge on any atom is 0.247 e. The molecule has 0 spiro atoms. The first kappa shape index (κ1) is 19.3. The predicted molar refractivity (Wildman–Crippen MR) is 111 cm³/mol. The normalized spacial score (nSPS) is 11.0. The third-order valence-electron chi connectivity index (χ3n) is 3.97. The zero-order valence-corrected chi connectivity index (χ0v) is 17.0. The van der Waals surface area contributed by atoms with E-state index in [2.05, 4.69) is 20.4 Å². The summed E-state index contributed by atoms with van der Waals surface area (Å²) in [6.07, 6.45) is 0. The van der Waals surface area contributed by atoms with Crippen molar-refractivity contribution >= 4 is 23.4 Å². The summed E-state index contributed by atoms with van der Waals surface area (Å²) in [4.78, 5) is 0. The average molecular weight is 429 g/mol. The lowest BCUT2D eigenvalue weighted by Gasteiger charge is -2.05. The van der Waals surface area contributed by atoms with Crippen molar-refractivity contribution in [1.29, 1.82) is 0 Å². The Kier molecular flexibility index (Phi) is 5.68. The fourth-order valence-electron chi connectivity index (χ4n) is 2.59. The molecule has 0 unspecified atom stereocenters. The molecule has 8 nitrogen and oxygen atoms in total. The number of hydrogen-bond donors (Lipinski definition) is 1. The first-order valence-corrected chi connectivity index (χ1v) is 10.1. The van der Waals surface area contributed by atoms with Gasteiger partial charge in [-0.15, -0.1) is 20.4 Å². The van der Waals surface area contributed by atoms with Crippen LogP contribution in [0.2, 0.25) is 5.02 Å². The van der Waals surface area contributed by atoms with Crippen molar-refractivity contribution in [2.45, 2.75) is 17.8 Å². The molecule has 0 saturated carbocycles. The van der Waals surface area contributed by atoms with Gasteiger partial charge in [0.25, 0.3) is 0 Å². The molecule has 2 N–H and O–H groups in total. The summed E-state index contributed by atoms with van der Waals surface area (Å²) < 4.78 is 12.6. The topological polar surface area (TPSA) is 105 Å². The van der Waals surface area contributed by atoms with Gasteiger partial charge in [0, 0.05) is 16.1 Å². The van der Waals surface area contributed by atoms with E-state index < -0.39 is 0 Å². The number of nitrogen functional groups attached to an aromatic ring is 1. The van der Waals surface area contributed by atoms with Crippen molar-refractivity contribution in [3.05, 3.63) is 59.4 Å². The first-order chi connectivity index (χ1) is 14.1. The van der Waals surface area contributed by atoms with Crippen LogP contribution in [0.1, 0.15) is 12.8 Å². The number of rotatable bonds is 7. The number of ether oxygens (including phenoxy) is 1. The van der Waals surface area contributed by atoms with Gasteiger partial charge < -0.3 is 15.0 Å². The minimum Gasteiger partial charge on any atom is -0.494 e. The molecule has 0 fully saturated rings. The van der Waals surface area contributed by atoms with Crippen LogP contribution >= 0.6 is 23.4 Å². The Balaban J connectivity index is 1.44. The molecule has 4 rings (SSSR count). The molecular formula is C19H17ClN6O2S. The monoisotopic (exact) mass is 428 g/mol. The summed E-state index contributed by atoms with van der Waals surface area (Å²) >= 11 is 7.26. The van der Waals surface area contributed by atoms with E-state index in [1.165, 1.54) is 16.4 Å². The summed E-state index contributed by atoms with van der Waals surface area (Å²) in [5.74, 6) is 8.83. The Hall–Kier alpha value is -3.04. The summed E-state index contributed by atoms with van der Waals surface area (Å²) in [5.41, 5.74) is 1.65. The lowest BCUT2D eigenvalue weighted by Crippen LogP contribution is -2.11. The van der Waals surface area contributed by atoms with Gasteiger partial charge in [0.1, 0.15) is 5.75 Å². The van der Waals surface area contributed by atoms with Gasteiger partial charge in [-0.2, -0.15) is 0 Å². The number of nitrogens with two attached hydrogens (primary N) is 1. The van der Waals surface area contributed by atoms with E-state index >= 15 is 0 Å². The van der Waals surface area contributed by atoms with E-state index in [9.17, 15) is 0 Å². The van der Waals surface area contributed by atoms with E-state index in [0.717, 1.165) is 16.9 Å². The average Bonchev–Trinajstić information content (AvgIpc) is 3.35. The first-order valence-electron chi connectivity index (χ1n) is 8.79. The minimum absolute atomic E-state index is 0.416. The van der Waals surface area contributed by atoms with Gasteiger partial charge in [-0.05, 0) is 55.5 Å². The van der Waals surface area contributed by atoms with Gasteiger partial charge in [-0.3, -0.25) is 0 Å². The van der Waals surface area contributed by atoms with Gasteiger partial charge in [0.15, 0.2) is 5.82 Å². The van der Waals surface area contributed by atoms with Crippen molar-refractivity contribution in [1.82, 2.24) is 25.1 Å². The van der Waals surface area contributed by atoms with Crippen LogP contribution in [0.3, 0.4) is 0 Å². The summed E-state index contributed by atoms with van der Waals surface area (Å²) in [6.45, 7) is 2.55. The van der Waals surface area contributed by atoms with Crippen LogP contribution in [0.5, 0.6) is 5.75 Å². The van der Waals surface area contributed by atoms with Gasteiger partial charge >= 0.3 is 0 Å². The second-order valence-corrected chi connectivity index (χ2v) is 7.31. The molecule has 2 aromatic carbocycles. The second kappa shape index (κ2) is 8.54. The molecule has 2 heterocycles. The van der Waals surface area contributed by atoms with Crippen LogP contribution in [-0.4, -0.2) is 31.7 Å². The number of benzene rings is 2. The van der Waals surface area contributed by atoms with Gasteiger partial charge in [0.05, 0.1) is 12.4 Å². The molecule has 0 aliphatic rings. The highest BCUT2D eigenvalue weighted by molar-refractivity contribution is 7.98. The fourth-order valence-corrected chi connectivity index (χ4v) is 3.41. The number of hydrogen-bond acceptors (Lipinski definition) is 8. The Bertz CT molecular complexity index is 1090. The maximum absolute atomic E-state index is 6.17. The molecule has 0 saturated heterocycles. The number of thioether (sulfide) groups is 1. The maximum atomic E-state index is 6.17. The molecule has 2 aromatic heterocycles. The van der Waals surface area contributed by atoms with Crippen molar-refractivity contribution in [2.24, 2.45) is 0 Å². The Morgan fingerprint density at radius 3 is 2.45 bits per heavy atom. The molecule has 0 amide bonds. The van der Waals surface area contributed by atoms with Crippen LogP contribution in [0, 0.1) is 0 Å². The Morgan fingerprint density at radius 1 is 1.00 bits per heavy atom. The molecule has 10 heteroatoms. The summed E-state index contributed by atoms with van der Waals surface area (Å²) in [7, 11) is 0. The molecule has 148 valence electrons. The fraction of sp³-hybridized carbons (Fsp3) is 0.158. The van der Waals surface area contributed by atoms with E-state index in [1.807, 2.05) is 43.3 Å². The number of nitrogens with zero attached hydrogens (tertiary/aromatic N) is 5. The zero-order valence-electron chi connectivity index (χ0n) is 15.4. The molecule has 0 aliphatic heterocycles. The quantitative estimate of drug-likeness (QED) is 0.347. The van der Waals surface area contributed by atoms with E-state index in [1.54, 1.807) is 12.1 Å². The highest BCUT2D eigenvalue weighted by Gasteiger charge is 2.15. The summed E-state index contributed by atoms with van der Waals surface area (Å²) in [6, 6.07) is 14.7. The molecule has 0 bridgehead atoms. The van der Waals surface area contributed by atoms with Crippen molar-refractivity contribution in [2.75, 3.05) is 12.4 Å². The number of halogens is 1. The Morgan fingerprint density at radius 2 is 1.72 bits per heavy atom. The van der Waals surface area contributed by atoms with E-state index in [4.69, 9.17) is 26.6 Å². The van der Waals surface area contributed by atoms with E-state index in [0.29, 0.717) is 40.1 Å². The molecule has 0 atom stereocenters. The van der Waals surface area contributed by atoms with Crippen LogP contribution in [-0.2, 0) is 5.75 Å². The predicted octanol–water partition coefficient (Wildman–Crippen LogP) is 4.05. The third-order valence-corrected chi connectivity index (χ3v) is 5.15. The van der Waals surface area contributed by atoms with Crippen LogP contribution in [0.25, 0.3) is 22.8 Å². The highest BCUT2D eigenvalue weighted by atomic mass is 35.5. The second-order valence-electron chi connectivity index (χ2n) is 5.93. The standard InChI is InChI=1S/C19H17ClN6O2S/c1-2-27-15-9-5-12(6-10-15)17-23-25-19(26(17)21)29-11-16-22-24-18(28-16)13-3-7-14(20)8-4-13/h3-10H,2,11,21H2,1H3. The van der Waals surface area contributed by atoms with Gasteiger partial charge in [-0.1, -0.05) is 23.4 Å². The van der Waals surface area contributed by atoms with Gasteiger partial charge in [0.2, 0.25) is 16.9 Å². The lowest BCUT2D eigenvalue weighted by atomic mass is 10.2. The molecular weight excluding hydrogens is 412 g/mol. The minimum atomic E-state index is 0.416. The molecule has 4 aromatic rings. The largest absolute Gasteiger partial charge is 0.494 e. The zero-order chi connectivity index (χ0) is 20.2. The van der Waals surface area contributed by atoms with Crippen molar-refractivity contribution < 1.29 is 9.15 Å².